The van der Waals surface area contributed by atoms with Gasteiger partial charge in [0.15, 0.2) is 6.61 Å². The number of carbonyl (C=O) groups is 1. The molecular formula is C13H17FN2O2. The summed E-state index contributed by atoms with van der Waals surface area (Å²) < 4.78 is 18.2. The first-order valence-electron chi connectivity index (χ1n) is 6.09. The Morgan fingerprint density at radius 1 is 1.56 bits per heavy atom. The molecule has 98 valence electrons. The van der Waals surface area contributed by atoms with Crippen molar-refractivity contribution in [1.82, 2.24) is 4.90 Å². The van der Waals surface area contributed by atoms with Crippen molar-refractivity contribution in [3.63, 3.8) is 0 Å². The number of benzene rings is 1. The van der Waals surface area contributed by atoms with Crippen LogP contribution in [0.3, 0.4) is 0 Å². The first-order chi connectivity index (χ1) is 8.61. The highest BCUT2D eigenvalue weighted by atomic mass is 19.1. The minimum Gasteiger partial charge on any atom is -0.482 e. The van der Waals surface area contributed by atoms with Crippen LogP contribution in [0, 0.1) is 5.82 Å². The standard InChI is InChI=1S/C13H17FN2O2/c1-2-16(10-4-5-10)13(17)8-18-12-6-3-9(14)7-11(12)15/h3,6-7,10H,2,4-5,8,15H2,1H3. The molecule has 1 aromatic carbocycles. The second kappa shape index (κ2) is 5.25. The van der Waals surface area contributed by atoms with Gasteiger partial charge in [-0.25, -0.2) is 4.39 Å². The van der Waals surface area contributed by atoms with Gasteiger partial charge in [0.2, 0.25) is 0 Å². The van der Waals surface area contributed by atoms with Gasteiger partial charge in [0, 0.05) is 18.7 Å². The highest BCUT2D eigenvalue weighted by molar-refractivity contribution is 5.78. The summed E-state index contributed by atoms with van der Waals surface area (Å²) in [4.78, 5) is 13.7. The number of likely N-dealkylation sites (N-methyl/N-ethyl adjacent to an activating group) is 1. The number of carbonyl (C=O) groups excluding carboxylic acids is 1. The van der Waals surface area contributed by atoms with E-state index in [2.05, 4.69) is 0 Å². The van der Waals surface area contributed by atoms with Crippen molar-refractivity contribution in [2.24, 2.45) is 0 Å². The summed E-state index contributed by atoms with van der Waals surface area (Å²) >= 11 is 0. The lowest BCUT2D eigenvalue weighted by Crippen LogP contribution is -2.36. The van der Waals surface area contributed by atoms with Crippen molar-refractivity contribution in [2.75, 3.05) is 18.9 Å². The van der Waals surface area contributed by atoms with Crippen LogP contribution in [0.4, 0.5) is 10.1 Å². The summed E-state index contributed by atoms with van der Waals surface area (Å²) in [6, 6.07) is 4.25. The van der Waals surface area contributed by atoms with Crippen LogP contribution in [0.5, 0.6) is 5.75 Å². The van der Waals surface area contributed by atoms with Gasteiger partial charge in [0.1, 0.15) is 11.6 Å². The molecule has 4 nitrogen and oxygen atoms in total. The molecule has 0 bridgehead atoms. The van der Waals surface area contributed by atoms with Crippen molar-refractivity contribution < 1.29 is 13.9 Å². The molecule has 1 saturated carbocycles. The predicted molar refractivity (Wildman–Crippen MR) is 66.7 cm³/mol. The van der Waals surface area contributed by atoms with Gasteiger partial charge in [-0.1, -0.05) is 0 Å². The summed E-state index contributed by atoms with van der Waals surface area (Å²) in [6.45, 7) is 2.58. The average Bonchev–Trinajstić information content (AvgIpc) is 3.13. The van der Waals surface area contributed by atoms with Crippen LogP contribution in [0.1, 0.15) is 19.8 Å². The second-order valence-electron chi connectivity index (χ2n) is 4.38. The number of nitrogens with zero attached hydrogens (tertiary/aromatic N) is 1. The van der Waals surface area contributed by atoms with Crippen LogP contribution in [-0.4, -0.2) is 30.0 Å². The largest absolute Gasteiger partial charge is 0.482 e. The van der Waals surface area contributed by atoms with E-state index in [0.29, 0.717) is 18.3 Å². The Labute approximate surface area is 106 Å². The van der Waals surface area contributed by atoms with Crippen molar-refractivity contribution >= 4 is 11.6 Å². The summed E-state index contributed by atoms with van der Waals surface area (Å²) in [6.07, 6.45) is 2.14. The highest BCUT2D eigenvalue weighted by Gasteiger charge is 2.31. The van der Waals surface area contributed by atoms with Gasteiger partial charge in [-0.15, -0.1) is 0 Å². The fourth-order valence-electron chi connectivity index (χ4n) is 1.90. The molecule has 0 spiro atoms. The Hall–Kier alpha value is -1.78. The third kappa shape index (κ3) is 2.91. The Bertz CT molecular complexity index is 447. The van der Waals surface area contributed by atoms with Gasteiger partial charge < -0.3 is 15.4 Å². The molecule has 18 heavy (non-hydrogen) atoms. The Kier molecular flexibility index (Phi) is 3.69. The number of ether oxygens (including phenoxy) is 1. The maximum atomic E-state index is 12.8. The van der Waals surface area contributed by atoms with E-state index in [-0.39, 0.29) is 18.2 Å². The van der Waals surface area contributed by atoms with Crippen molar-refractivity contribution in [3.8, 4) is 5.75 Å². The smallest absolute Gasteiger partial charge is 0.260 e. The molecule has 2 rings (SSSR count). The first-order valence-corrected chi connectivity index (χ1v) is 6.09. The molecule has 0 saturated heterocycles. The number of halogens is 1. The normalized spacial score (nSPS) is 14.3. The van der Waals surface area contributed by atoms with Gasteiger partial charge >= 0.3 is 0 Å². The minimum absolute atomic E-state index is 0.0521. The third-order valence-electron chi connectivity index (χ3n) is 2.97. The van der Waals surface area contributed by atoms with Crippen LogP contribution < -0.4 is 10.5 Å². The second-order valence-corrected chi connectivity index (χ2v) is 4.38. The van der Waals surface area contributed by atoms with Crippen LogP contribution in [0.2, 0.25) is 0 Å². The molecule has 1 fully saturated rings. The van der Waals surface area contributed by atoms with Crippen LogP contribution >= 0.6 is 0 Å². The van der Waals surface area contributed by atoms with E-state index in [0.717, 1.165) is 12.8 Å². The van der Waals surface area contributed by atoms with E-state index in [4.69, 9.17) is 10.5 Å². The topological polar surface area (TPSA) is 55.6 Å². The number of hydrogen-bond acceptors (Lipinski definition) is 3. The van der Waals surface area contributed by atoms with Gasteiger partial charge in [-0.3, -0.25) is 4.79 Å². The summed E-state index contributed by atoms with van der Waals surface area (Å²) in [5.74, 6) is -0.125. The zero-order chi connectivity index (χ0) is 13.1. The fraction of sp³-hybridized carbons (Fsp3) is 0.462. The van der Waals surface area contributed by atoms with Gasteiger partial charge in [0.25, 0.3) is 5.91 Å². The maximum absolute atomic E-state index is 12.8. The number of nitrogens with two attached hydrogens (primary N) is 1. The molecule has 1 aliphatic carbocycles. The Morgan fingerprint density at radius 3 is 2.83 bits per heavy atom. The van der Waals surface area contributed by atoms with E-state index in [1.54, 1.807) is 4.90 Å². The minimum atomic E-state index is -0.417. The average molecular weight is 252 g/mol. The highest BCUT2D eigenvalue weighted by Crippen LogP contribution is 2.27. The van der Waals surface area contributed by atoms with Crippen LogP contribution in [0.15, 0.2) is 18.2 Å². The number of anilines is 1. The van der Waals surface area contributed by atoms with E-state index >= 15 is 0 Å². The summed E-state index contributed by atoms with van der Waals surface area (Å²) in [5.41, 5.74) is 5.80. The molecule has 1 aliphatic rings. The van der Waals surface area contributed by atoms with E-state index < -0.39 is 5.82 Å². The summed E-state index contributed by atoms with van der Waals surface area (Å²) in [7, 11) is 0. The molecule has 0 atom stereocenters. The number of hydrogen-bond donors (Lipinski definition) is 1. The molecular weight excluding hydrogens is 235 g/mol. The first kappa shape index (κ1) is 12.7. The fourth-order valence-corrected chi connectivity index (χ4v) is 1.90. The number of rotatable bonds is 5. The zero-order valence-electron chi connectivity index (χ0n) is 10.4. The van der Waals surface area contributed by atoms with E-state index in [1.165, 1.54) is 18.2 Å². The lowest BCUT2D eigenvalue weighted by molar-refractivity contribution is -0.133. The number of nitrogen functional groups attached to an aromatic ring is 1. The lowest BCUT2D eigenvalue weighted by Gasteiger charge is -2.20. The van der Waals surface area contributed by atoms with Crippen molar-refractivity contribution in [3.05, 3.63) is 24.0 Å². The van der Waals surface area contributed by atoms with Gasteiger partial charge in [-0.05, 0) is 31.9 Å². The molecule has 0 radical (unpaired) electrons. The lowest BCUT2D eigenvalue weighted by atomic mass is 10.3. The third-order valence-corrected chi connectivity index (χ3v) is 2.97. The predicted octanol–water partition coefficient (Wildman–Crippen LogP) is 1.80. The van der Waals surface area contributed by atoms with Crippen molar-refractivity contribution in [1.29, 1.82) is 0 Å². The SMILES string of the molecule is CCN(C(=O)COc1ccc(F)cc1N)C1CC1. The van der Waals surface area contributed by atoms with Gasteiger partial charge in [-0.2, -0.15) is 0 Å². The monoisotopic (exact) mass is 252 g/mol. The zero-order valence-corrected chi connectivity index (χ0v) is 10.4. The van der Waals surface area contributed by atoms with Gasteiger partial charge in [0.05, 0.1) is 5.69 Å². The Morgan fingerprint density at radius 2 is 2.28 bits per heavy atom. The molecule has 2 N–H and O–H groups in total. The maximum Gasteiger partial charge on any atom is 0.260 e. The molecule has 0 aliphatic heterocycles. The van der Waals surface area contributed by atoms with E-state index in [1.807, 2.05) is 6.92 Å². The quantitative estimate of drug-likeness (QED) is 0.813. The Balaban J connectivity index is 1.92. The molecule has 0 heterocycles. The number of amides is 1. The molecule has 0 unspecified atom stereocenters. The molecule has 1 amide bonds. The molecule has 0 aromatic heterocycles. The van der Waals surface area contributed by atoms with Crippen LogP contribution in [0.25, 0.3) is 0 Å². The van der Waals surface area contributed by atoms with Crippen LogP contribution in [-0.2, 0) is 4.79 Å². The molecule has 1 aromatic rings. The van der Waals surface area contributed by atoms with Crippen molar-refractivity contribution in [2.45, 2.75) is 25.8 Å². The summed E-state index contributed by atoms with van der Waals surface area (Å²) in [5, 5.41) is 0. The van der Waals surface area contributed by atoms with E-state index in [9.17, 15) is 9.18 Å². The molecule has 5 heteroatoms.